The second kappa shape index (κ2) is 4.98. The zero-order valence-corrected chi connectivity index (χ0v) is 12.1. The molecule has 4 nitrogen and oxygen atoms in total. The largest absolute Gasteiger partial charge is 0.348 e. The van der Waals surface area contributed by atoms with Crippen LogP contribution in [-0.4, -0.2) is 11.8 Å². The Balaban J connectivity index is 1.69. The van der Waals surface area contributed by atoms with Crippen LogP contribution in [0.4, 0.5) is 5.69 Å². The summed E-state index contributed by atoms with van der Waals surface area (Å²) < 4.78 is 0. The van der Waals surface area contributed by atoms with Crippen LogP contribution < -0.4 is 10.6 Å². The van der Waals surface area contributed by atoms with Gasteiger partial charge in [0.05, 0.1) is 11.3 Å². The fourth-order valence-corrected chi connectivity index (χ4v) is 3.04. The fourth-order valence-electron chi connectivity index (χ4n) is 3.04. The lowest BCUT2D eigenvalue weighted by Gasteiger charge is -2.12. The van der Waals surface area contributed by atoms with Crippen molar-refractivity contribution in [2.24, 2.45) is 0 Å². The Labute approximate surface area is 128 Å². The van der Waals surface area contributed by atoms with Crippen molar-refractivity contribution in [1.82, 2.24) is 5.32 Å². The molecule has 0 unspecified atom stereocenters. The van der Waals surface area contributed by atoms with Gasteiger partial charge < -0.3 is 10.6 Å². The molecule has 2 aromatic carbocycles. The van der Waals surface area contributed by atoms with Crippen molar-refractivity contribution in [3.63, 3.8) is 0 Å². The van der Waals surface area contributed by atoms with E-state index in [-0.39, 0.29) is 11.8 Å². The van der Waals surface area contributed by atoms with Gasteiger partial charge in [-0.1, -0.05) is 24.3 Å². The first-order valence-corrected chi connectivity index (χ1v) is 7.54. The molecule has 4 rings (SSSR count). The lowest BCUT2D eigenvalue weighted by Crippen LogP contribution is -2.17. The second-order valence-corrected chi connectivity index (χ2v) is 5.83. The van der Waals surface area contributed by atoms with E-state index in [2.05, 4.69) is 16.7 Å². The molecule has 1 fully saturated rings. The molecule has 22 heavy (non-hydrogen) atoms. The van der Waals surface area contributed by atoms with Crippen molar-refractivity contribution in [3.8, 4) is 0 Å². The van der Waals surface area contributed by atoms with E-state index >= 15 is 0 Å². The molecule has 0 atom stereocenters. The van der Waals surface area contributed by atoms with Gasteiger partial charge in [-0.2, -0.15) is 0 Å². The third-order valence-corrected chi connectivity index (χ3v) is 4.30. The summed E-state index contributed by atoms with van der Waals surface area (Å²) in [4.78, 5) is 24.4. The van der Waals surface area contributed by atoms with Crippen LogP contribution in [0.3, 0.4) is 0 Å². The highest BCUT2D eigenvalue weighted by Crippen LogP contribution is 2.44. The molecule has 0 spiro atoms. The summed E-state index contributed by atoms with van der Waals surface area (Å²) in [5.41, 5.74) is 4.13. The predicted octanol–water partition coefficient (Wildman–Crippen LogP) is 3.06. The zero-order chi connectivity index (χ0) is 15.1. The number of nitrogens with one attached hydrogen (secondary N) is 2. The minimum absolute atomic E-state index is 0.0964. The number of fused-ring (bicyclic) bond motifs is 1. The third kappa shape index (κ3) is 2.17. The van der Waals surface area contributed by atoms with E-state index < -0.39 is 0 Å². The van der Waals surface area contributed by atoms with Crippen LogP contribution in [0.25, 0.3) is 0 Å². The summed E-state index contributed by atoms with van der Waals surface area (Å²) in [6, 6.07) is 12.9. The lowest BCUT2D eigenvalue weighted by atomic mass is 9.98. The van der Waals surface area contributed by atoms with E-state index in [1.165, 1.54) is 18.4 Å². The minimum atomic E-state index is -0.193. The molecule has 0 saturated heterocycles. The summed E-state index contributed by atoms with van der Waals surface area (Å²) in [7, 11) is 0. The number of hydrogen-bond acceptors (Lipinski definition) is 2. The number of anilines is 1. The Morgan fingerprint density at radius 1 is 1.09 bits per heavy atom. The predicted molar refractivity (Wildman–Crippen MR) is 84.0 cm³/mol. The Morgan fingerprint density at radius 2 is 1.86 bits per heavy atom. The molecule has 0 bridgehead atoms. The van der Waals surface area contributed by atoms with Gasteiger partial charge in [-0.3, -0.25) is 9.59 Å². The maximum atomic E-state index is 12.3. The van der Waals surface area contributed by atoms with Gasteiger partial charge in [0.1, 0.15) is 0 Å². The van der Waals surface area contributed by atoms with Gasteiger partial charge in [0.15, 0.2) is 0 Å². The van der Waals surface area contributed by atoms with Crippen molar-refractivity contribution in [2.75, 3.05) is 5.32 Å². The highest BCUT2D eigenvalue weighted by Gasteiger charge is 2.32. The van der Waals surface area contributed by atoms with Crippen LogP contribution in [0.2, 0.25) is 0 Å². The highest BCUT2D eigenvalue weighted by molar-refractivity contribution is 6.10. The number of carbonyl (C=O) groups excluding carboxylic acids is 2. The minimum Gasteiger partial charge on any atom is -0.348 e. The molecule has 0 aromatic heterocycles. The van der Waals surface area contributed by atoms with Crippen LogP contribution in [0.1, 0.15) is 50.6 Å². The second-order valence-electron chi connectivity index (χ2n) is 5.83. The quantitative estimate of drug-likeness (QED) is 0.913. The zero-order valence-electron chi connectivity index (χ0n) is 12.1. The maximum absolute atomic E-state index is 12.3. The molecular weight excluding hydrogens is 276 g/mol. The molecule has 2 N–H and O–H groups in total. The van der Waals surface area contributed by atoms with Gasteiger partial charge in [0, 0.05) is 12.1 Å². The summed E-state index contributed by atoms with van der Waals surface area (Å²) in [6.45, 7) is 0.565. The van der Waals surface area contributed by atoms with Gasteiger partial charge >= 0.3 is 0 Å². The normalized spacial score (nSPS) is 16.1. The van der Waals surface area contributed by atoms with E-state index in [1.807, 2.05) is 24.3 Å². The first-order chi connectivity index (χ1) is 10.7. The lowest BCUT2D eigenvalue weighted by molar-refractivity contribution is 0.0966. The van der Waals surface area contributed by atoms with Crippen LogP contribution in [0.15, 0.2) is 42.5 Å². The van der Waals surface area contributed by atoms with E-state index in [4.69, 9.17) is 0 Å². The molecule has 1 heterocycles. The number of carbonyl (C=O) groups is 2. The van der Waals surface area contributed by atoms with Crippen molar-refractivity contribution in [1.29, 1.82) is 0 Å². The Kier molecular flexibility index (Phi) is 2.96. The summed E-state index contributed by atoms with van der Waals surface area (Å²) in [5, 5.41) is 5.75. The van der Waals surface area contributed by atoms with Crippen molar-refractivity contribution >= 4 is 17.5 Å². The van der Waals surface area contributed by atoms with Crippen molar-refractivity contribution in [3.05, 3.63) is 64.7 Å². The Hall–Kier alpha value is -2.62. The Bertz CT molecular complexity index is 764. The number of amides is 2. The van der Waals surface area contributed by atoms with E-state index in [0.29, 0.717) is 29.3 Å². The molecular formula is C18H16N2O2. The van der Waals surface area contributed by atoms with Gasteiger partial charge in [-0.15, -0.1) is 0 Å². The van der Waals surface area contributed by atoms with Crippen molar-refractivity contribution in [2.45, 2.75) is 25.3 Å². The summed E-state index contributed by atoms with van der Waals surface area (Å²) in [5.74, 6) is 0.294. The van der Waals surface area contributed by atoms with Gasteiger partial charge in [0.2, 0.25) is 0 Å². The third-order valence-electron chi connectivity index (χ3n) is 4.30. The molecule has 2 aliphatic rings. The average Bonchev–Trinajstić information content (AvgIpc) is 3.31. The van der Waals surface area contributed by atoms with Gasteiger partial charge in [-0.25, -0.2) is 0 Å². The van der Waals surface area contributed by atoms with E-state index in [1.54, 1.807) is 12.1 Å². The first-order valence-electron chi connectivity index (χ1n) is 7.54. The monoisotopic (exact) mass is 292 g/mol. The maximum Gasteiger partial charge on any atom is 0.255 e. The van der Waals surface area contributed by atoms with E-state index in [9.17, 15) is 9.59 Å². The summed E-state index contributed by atoms with van der Waals surface area (Å²) in [6.07, 6.45) is 2.38. The highest BCUT2D eigenvalue weighted by atomic mass is 16.2. The van der Waals surface area contributed by atoms with E-state index in [0.717, 1.165) is 5.56 Å². The van der Waals surface area contributed by atoms with Gasteiger partial charge in [0.25, 0.3) is 11.8 Å². The number of benzene rings is 2. The van der Waals surface area contributed by atoms with Crippen LogP contribution >= 0.6 is 0 Å². The van der Waals surface area contributed by atoms with Crippen LogP contribution in [0.5, 0.6) is 0 Å². The standard InChI is InChI=1S/C18H16N2O2/c21-17(12-4-2-1-3-5-12)20-15-9-8-13(11-6-7-11)14-10-19-18(22)16(14)15/h1-5,8-9,11H,6-7,10H2,(H,19,22)(H,20,21). The number of rotatable bonds is 3. The molecule has 1 aliphatic carbocycles. The van der Waals surface area contributed by atoms with Crippen LogP contribution in [0, 0.1) is 0 Å². The average molecular weight is 292 g/mol. The topological polar surface area (TPSA) is 58.2 Å². The van der Waals surface area contributed by atoms with Crippen molar-refractivity contribution < 1.29 is 9.59 Å². The molecule has 1 saturated carbocycles. The summed E-state index contributed by atoms with van der Waals surface area (Å²) >= 11 is 0. The molecule has 2 amide bonds. The molecule has 1 aliphatic heterocycles. The number of hydrogen-bond donors (Lipinski definition) is 2. The van der Waals surface area contributed by atoms with Crippen LogP contribution in [-0.2, 0) is 6.54 Å². The fraction of sp³-hybridized carbons (Fsp3) is 0.222. The first kappa shape index (κ1) is 13.1. The molecule has 0 radical (unpaired) electrons. The smallest absolute Gasteiger partial charge is 0.255 e. The molecule has 4 heteroatoms. The van der Waals surface area contributed by atoms with Gasteiger partial charge in [-0.05, 0) is 48.1 Å². The Morgan fingerprint density at radius 3 is 2.59 bits per heavy atom. The SMILES string of the molecule is O=C(Nc1ccc(C2CC2)c2c1C(=O)NC2)c1ccccc1. The molecule has 2 aromatic rings. The molecule has 110 valence electrons.